The molecule has 1 aromatic carbocycles. The molecular formula is C11H14O2S2. The summed E-state index contributed by atoms with van der Waals surface area (Å²) in [5.41, 5.74) is 1.44. The van der Waals surface area contributed by atoms with Crippen LogP contribution >= 0.6 is 21.6 Å². The van der Waals surface area contributed by atoms with Crippen LogP contribution in [-0.2, 0) is 0 Å². The Kier molecular flexibility index (Phi) is 5.05. The normalized spacial score (nSPS) is 10.3. The van der Waals surface area contributed by atoms with Gasteiger partial charge in [0.1, 0.15) is 0 Å². The first-order valence-electron chi connectivity index (χ1n) is 4.79. The van der Waals surface area contributed by atoms with Gasteiger partial charge in [0, 0.05) is 10.6 Å². The van der Waals surface area contributed by atoms with E-state index >= 15 is 0 Å². The van der Waals surface area contributed by atoms with Crippen molar-refractivity contribution in [3.63, 3.8) is 0 Å². The zero-order valence-electron chi connectivity index (χ0n) is 8.82. The van der Waals surface area contributed by atoms with Gasteiger partial charge in [0.2, 0.25) is 0 Å². The number of carboxylic acids is 1. The Morgan fingerprint density at radius 3 is 2.80 bits per heavy atom. The van der Waals surface area contributed by atoms with Crippen molar-refractivity contribution in [2.24, 2.45) is 0 Å². The average molecular weight is 242 g/mol. The number of hydrogen-bond acceptors (Lipinski definition) is 3. The summed E-state index contributed by atoms with van der Waals surface area (Å²) in [6, 6.07) is 5.39. The summed E-state index contributed by atoms with van der Waals surface area (Å²) in [5, 5.41) is 9.02. The minimum atomic E-state index is -0.849. The van der Waals surface area contributed by atoms with Gasteiger partial charge < -0.3 is 5.11 Å². The Balaban J connectivity index is 2.87. The Bertz CT molecular complexity index is 350. The first-order valence-corrected chi connectivity index (χ1v) is 7.11. The molecule has 1 N–H and O–H groups in total. The van der Waals surface area contributed by atoms with E-state index in [-0.39, 0.29) is 0 Å². The number of carbonyl (C=O) groups is 1. The molecule has 0 bridgehead atoms. The topological polar surface area (TPSA) is 37.3 Å². The van der Waals surface area contributed by atoms with Crippen LogP contribution in [0, 0.1) is 6.92 Å². The highest BCUT2D eigenvalue weighted by molar-refractivity contribution is 8.76. The SMILES string of the molecule is CCCSSc1c(C)cccc1C(=O)O. The second-order valence-corrected chi connectivity index (χ2v) is 5.59. The van der Waals surface area contributed by atoms with Crippen molar-refractivity contribution in [1.82, 2.24) is 0 Å². The fourth-order valence-electron chi connectivity index (χ4n) is 1.12. The van der Waals surface area contributed by atoms with Gasteiger partial charge in [0.25, 0.3) is 0 Å². The van der Waals surface area contributed by atoms with Crippen LogP contribution in [0.1, 0.15) is 29.3 Å². The van der Waals surface area contributed by atoms with Gasteiger partial charge in [0.15, 0.2) is 0 Å². The minimum absolute atomic E-state index is 0.406. The number of aromatic carboxylic acids is 1. The van der Waals surface area contributed by atoms with Crippen molar-refractivity contribution < 1.29 is 9.90 Å². The number of hydrogen-bond donors (Lipinski definition) is 1. The van der Waals surface area contributed by atoms with E-state index in [1.165, 1.54) is 0 Å². The molecule has 1 aromatic rings. The fourth-order valence-corrected chi connectivity index (χ4v) is 3.70. The van der Waals surface area contributed by atoms with E-state index in [4.69, 9.17) is 5.11 Å². The molecule has 0 spiro atoms. The Labute approximate surface area is 97.9 Å². The molecule has 0 aromatic heterocycles. The predicted molar refractivity (Wildman–Crippen MR) is 66.7 cm³/mol. The van der Waals surface area contributed by atoms with E-state index in [0.29, 0.717) is 5.56 Å². The molecule has 1 rings (SSSR count). The molecule has 0 aliphatic carbocycles. The molecule has 0 heterocycles. The van der Waals surface area contributed by atoms with Gasteiger partial charge >= 0.3 is 5.97 Å². The van der Waals surface area contributed by atoms with E-state index in [1.807, 2.05) is 13.0 Å². The fraction of sp³-hybridized carbons (Fsp3) is 0.364. The second kappa shape index (κ2) is 6.08. The zero-order valence-corrected chi connectivity index (χ0v) is 10.5. The molecule has 0 aliphatic rings. The lowest BCUT2D eigenvalue weighted by Gasteiger charge is -2.07. The zero-order chi connectivity index (χ0) is 11.3. The molecule has 0 aliphatic heterocycles. The van der Waals surface area contributed by atoms with E-state index in [0.717, 1.165) is 22.6 Å². The van der Waals surface area contributed by atoms with Crippen molar-refractivity contribution >= 4 is 27.6 Å². The molecule has 0 atom stereocenters. The smallest absolute Gasteiger partial charge is 0.336 e. The highest BCUT2D eigenvalue weighted by Crippen LogP contribution is 2.36. The monoisotopic (exact) mass is 242 g/mol. The second-order valence-electron chi connectivity index (χ2n) is 3.16. The third-order valence-electron chi connectivity index (χ3n) is 1.87. The summed E-state index contributed by atoms with van der Waals surface area (Å²) in [4.78, 5) is 11.9. The third-order valence-corrected chi connectivity index (χ3v) is 4.63. The molecule has 4 heteroatoms. The van der Waals surface area contributed by atoms with Crippen molar-refractivity contribution in [3.05, 3.63) is 29.3 Å². The maximum absolute atomic E-state index is 11.0. The van der Waals surface area contributed by atoms with E-state index in [1.54, 1.807) is 33.7 Å². The van der Waals surface area contributed by atoms with Gasteiger partial charge in [0.05, 0.1) is 5.56 Å². The lowest BCUT2D eigenvalue weighted by Crippen LogP contribution is -1.99. The quantitative estimate of drug-likeness (QED) is 0.628. The van der Waals surface area contributed by atoms with Gasteiger partial charge in [-0.3, -0.25) is 0 Å². The average Bonchev–Trinajstić information content (AvgIpc) is 2.20. The molecule has 0 saturated carbocycles. The highest BCUT2D eigenvalue weighted by atomic mass is 33.1. The van der Waals surface area contributed by atoms with Gasteiger partial charge in [-0.25, -0.2) is 4.79 Å². The van der Waals surface area contributed by atoms with Crippen LogP contribution < -0.4 is 0 Å². The standard InChI is InChI=1S/C11H14O2S2/c1-3-7-14-15-10-8(2)5-4-6-9(10)11(12)13/h4-6H,3,7H2,1-2H3,(H,12,13). The molecule has 0 radical (unpaired) electrons. The van der Waals surface area contributed by atoms with Gasteiger partial charge in [-0.1, -0.05) is 40.6 Å². The summed E-state index contributed by atoms with van der Waals surface area (Å²) < 4.78 is 0. The van der Waals surface area contributed by atoms with Crippen LogP contribution in [0.5, 0.6) is 0 Å². The number of benzene rings is 1. The number of aryl methyl sites for hydroxylation is 1. The summed E-state index contributed by atoms with van der Waals surface area (Å²) in [5.74, 6) is 0.191. The largest absolute Gasteiger partial charge is 0.478 e. The van der Waals surface area contributed by atoms with Gasteiger partial charge in [-0.2, -0.15) is 0 Å². The third kappa shape index (κ3) is 3.47. The molecule has 82 valence electrons. The van der Waals surface area contributed by atoms with Crippen LogP contribution in [0.15, 0.2) is 23.1 Å². The predicted octanol–water partition coefficient (Wildman–Crippen LogP) is 3.84. The summed E-state index contributed by atoms with van der Waals surface area (Å²) >= 11 is 0. The summed E-state index contributed by atoms with van der Waals surface area (Å²) in [6.07, 6.45) is 1.10. The Morgan fingerprint density at radius 1 is 1.47 bits per heavy atom. The van der Waals surface area contributed by atoms with Crippen molar-refractivity contribution in [2.45, 2.75) is 25.2 Å². The van der Waals surface area contributed by atoms with Crippen LogP contribution in [0.4, 0.5) is 0 Å². The molecule has 2 nitrogen and oxygen atoms in total. The Morgan fingerprint density at radius 2 is 2.20 bits per heavy atom. The lowest BCUT2D eigenvalue weighted by molar-refractivity contribution is 0.0693. The lowest BCUT2D eigenvalue weighted by atomic mass is 10.1. The molecule has 0 unspecified atom stereocenters. The maximum Gasteiger partial charge on any atom is 0.336 e. The van der Waals surface area contributed by atoms with Gasteiger partial charge in [-0.15, -0.1) is 0 Å². The Hall–Kier alpha value is -0.610. The summed E-state index contributed by atoms with van der Waals surface area (Å²) in [6.45, 7) is 4.06. The van der Waals surface area contributed by atoms with E-state index in [2.05, 4.69) is 6.92 Å². The summed E-state index contributed by atoms with van der Waals surface area (Å²) in [7, 11) is 3.27. The first-order chi connectivity index (χ1) is 7.16. The van der Waals surface area contributed by atoms with Crippen molar-refractivity contribution in [1.29, 1.82) is 0 Å². The molecule has 0 saturated heterocycles. The van der Waals surface area contributed by atoms with Crippen molar-refractivity contribution in [2.75, 3.05) is 5.75 Å². The number of carboxylic acid groups (broad SMARTS) is 1. The van der Waals surface area contributed by atoms with E-state index in [9.17, 15) is 4.79 Å². The van der Waals surface area contributed by atoms with Gasteiger partial charge in [-0.05, 0) is 25.0 Å². The molecule has 0 amide bonds. The molecule has 0 fully saturated rings. The minimum Gasteiger partial charge on any atom is -0.478 e. The van der Waals surface area contributed by atoms with Crippen LogP contribution in [0.3, 0.4) is 0 Å². The molecule has 15 heavy (non-hydrogen) atoms. The maximum atomic E-state index is 11.0. The van der Waals surface area contributed by atoms with E-state index < -0.39 is 5.97 Å². The molecular weight excluding hydrogens is 228 g/mol. The van der Waals surface area contributed by atoms with Crippen LogP contribution in [0.25, 0.3) is 0 Å². The first kappa shape index (κ1) is 12.5. The number of rotatable bonds is 5. The van der Waals surface area contributed by atoms with Crippen molar-refractivity contribution in [3.8, 4) is 0 Å². The highest BCUT2D eigenvalue weighted by Gasteiger charge is 2.12. The van der Waals surface area contributed by atoms with Crippen LogP contribution in [0.2, 0.25) is 0 Å². The van der Waals surface area contributed by atoms with Crippen LogP contribution in [-0.4, -0.2) is 16.8 Å².